The molecule has 3 aliphatic rings. The Morgan fingerprint density at radius 1 is 1.43 bits per heavy atom. The molecule has 0 spiro atoms. The second kappa shape index (κ2) is 2.61. The third-order valence-electron chi connectivity index (χ3n) is 3.71. The molecular formula is C10H11BrO3. The number of esters is 1. The Labute approximate surface area is 90.6 Å². The highest BCUT2D eigenvalue weighted by atomic mass is 79.9. The number of fused-ring (bicyclic) bond motifs is 5. The van der Waals surface area contributed by atoms with Gasteiger partial charge in [0.1, 0.15) is 0 Å². The van der Waals surface area contributed by atoms with Crippen molar-refractivity contribution in [3.63, 3.8) is 0 Å². The van der Waals surface area contributed by atoms with Crippen molar-refractivity contribution in [3.8, 4) is 0 Å². The van der Waals surface area contributed by atoms with Crippen molar-refractivity contribution in [1.82, 2.24) is 0 Å². The first kappa shape index (κ1) is 8.92. The highest BCUT2D eigenvalue weighted by Crippen LogP contribution is 2.65. The van der Waals surface area contributed by atoms with Crippen LogP contribution in [0.1, 0.15) is 6.92 Å². The third-order valence-corrected chi connectivity index (χ3v) is 4.59. The van der Waals surface area contributed by atoms with Crippen molar-refractivity contribution in [1.29, 1.82) is 0 Å². The van der Waals surface area contributed by atoms with Crippen LogP contribution in [-0.4, -0.2) is 25.3 Å². The molecule has 5 atom stereocenters. The van der Waals surface area contributed by atoms with Crippen LogP contribution >= 0.6 is 15.9 Å². The van der Waals surface area contributed by atoms with E-state index in [0.717, 1.165) is 4.48 Å². The SMILES string of the molecule is COC(=O)C1=C(Br)[C@H]2O[C@@H]1[C@H]1C2[C@H]1C. The van der Waals surface area contributed by atoms with E-state index in [1.54, 1.807) is 0 Å². The minimum atomic E-state index is -0.248. The molecule has 2 aliphatic heterocycles. The zero-order valence-electron chi connectivity index (χ0n) is 7.99. The predicted octanol–water partition coefficient (Wildman–Crippen LogP) is 1.47. The molecule has 0 N–H and O–H groups in total. The number of hydrogen-bond donors (Lipinski definition) is 0. The average molecular weight is 259 g/mol. The van der Waals surface area contributed by atoms with Crippen molar-refractivity contribution in [3.05, 3.63) is 10.1 Å². The van der Waals surface area contributed by atoms with Crippen molar-refractivity contribution < 1.29 is 14.3 Å². The van der Waals surface area contributed by atoms with Crippen LogP contribution < -0.4 is 0 Å². The molecule has 3 rings (SSSR count). The van der Waals surface area contributed by atoms with E-state index in [0.29, 0.717) is 23.3 Å². The minimum Gasteiger partial charge on any atom is -0.466 e. The highest BCUT2D eigenvalue weighted by molar-refractivity contribution is 9.11. The van der Waals surface area contributed by atoms with Crippen LogP contribution in [0.15, 0.2) is 10.1 Å². The minimum absolute atomic E-state index is 0.0122. The Morgan fingerprint density at radius 3 is 2.71 bits per heavy atom. The number of carbonyl (C=O) groups is 1. The fourth-order valence-electron chi connectivity index (χ4n) is 2.92. The first-order valence-electron chi connectivity index (χ1n) is 4.80. The third kappa shape index (κ3) is 0.841. The summed E-state index contributed by atoms with van der Waals surface area (Å²) < 4.78 is 11.4. The Morgan fingerprint density at radius 2 is 2.07 bits per heavy atom. The standard InChI is InChI=1S/C10H11BrO3/c1-3-4-5(3)9-7(11)6(8(4)14-9)10(12)13-2/h3-5,8-9H,1-2H3/t3-,4+,5?,8+,9-/m0/s1. The lowest BCUT2D eigenvalue weighted by molar-refractivity contribution is -0.137. The van der Waals surface area contributed by atoms with Crippen LogP contribution in [0.4, 0.5) is 0 Å². The fourth-order valence-corrected chi connectivity index (χ4v) is 3.72. The molecule has 0 amide bonds. The van der Waals surface area contributed by atoms with E-state index < -0.39 is 0 Å². The maximum atomic E-state index is 11.5. The first-order valence-corrected chi connectivity index (χ1v) is 5.59. The molecule has 1 aliphatic carbocycles. The van der Waals surface area contributed by atoms with Gasteiger partial charge in [-0.15, -0.1) is 0 Å². The molecule has 0 aromatic rings. The molecular weight excluding hydrogens is 248 g/mol. The van der Waals surface area contributed by atoms with Crippen molar-refractivity contribution in [2.45, 2.75) is 19.1 Å². The van der Waals surface area contributed by atoms with Gasteiger partial charge in [0.25, 0.3) is 0 Å². The summed E-state index contributed by atoms with van der Waals surface area (Å²) >= 11 is 3.45. The summed E-state index contributed by atoms with van der Waals surface area (Å²) in [5.74, 6) is 1.62. The van der Waals surface area contributed by atoms with Crippen LogP contribution in [0, 0.1) is 17.8 Å². The molecule has 0 aromatic carbocycles. The number of rotatable bonds is 1. The monoisotopic (exact) mass is 258 g/mol. The largest absolute Gasteiger partial charge is 0.466 e. The summed E-state index contributed by atoms with van der Waals surface area (Å²) in [7, 11) is 1.41. The molecule has 2 bridgehead atoms. The van der Waals surface area contributed by atoms with E-state index in [1.165, 1.54) is 7.11 Å². The molecule has 0 aromatic heterocycles. The molecule has 2 fully saturated rings. The van der Waals surface area contributed by atoms with Crippen molar-refractivity contribution in [2.24, 2.45) is 17.8 Å². The summed E-state index contributed by atoms with van der Waals surface area (Å²) in [6.45, 7) is 2.22. The Kier molecular flexibility index (Phi) is 1.66. The lowest BCUT2D eigenvalue weighted by atomic mass is 9.99. The van der Waals surface area contributed by atoms with Crippen molar-refractivity contribution in [2.75, 3.05) is 7.11 Å². The molecule has 76 valence electrons. The summed E-state index contributed by atoms with van der Waals surface area (Å²) in [5.41, 5.74) is 0.711. The normalized spacial score (nSPS) is 48.1. The maximum Gasteiger partial charge on any atom is 0.337 e. The smallest absolute Gasteiger partial charge is 0.337 e. The fraction of sp³-hybridized carbons (Fsp3) is 0.700. The number of methoxy groups -OCH3 is 1. The van der Waals surface area contributed by atoms with Crippen LogP contribution in [0.25, 0.3) is 0 Å². The van der Waals surface area contributed by atoms with Crippen LogP contribution in [0.2, 0.25) is 0 Å². The van der Waals surface area contributed by atoms with Gasteiger partial charge >= 0.3 is 5.97 Å². The molecule has 0 radical (unpaired) electrons. The van der Waals surface area contributed by atoms with E-state index in [-0.39, 0.29) is 18.2 Å². The van der Waals surface area contributed by atoms with E-state index in [1.807, 2.05) is 0 Å². The summed E-state index contributed by atoms with van der Waals surface area (Å²) in [6.07, 6.45) is 0.107. The quantitative estimate of drug-likeness (QED) is 0.669. The maximum absolute atomic E-state index is 11.5. The second-order valence-electron chi connectivity index (χ2n) is 4.24. The van der Waals surface area contributed by atoms with Gasteiger partial charge in [-0.2, -0.15) is 0 Å². The van der Waals surface area contributed by atoms with Gasteiger partial charge in [-0.1, -0.05) is 22.9 Å². The first-order chi connectivity index (χ1) is 6.66. The molecule has 14 heavy (non-hydrogen) atoms. The molecule has 3 nitrogen and oxygen atoms in total. The summed E-state index contributed by atoms with van der Waals surface area (Å²) in [4.78, 5) is 11.5. The predicted molar refractivity (Wildman–Crippen MR) is 52.8 cm³/mol. The molecule has 2 heterocycles. The van der Waals surface area contributed by atoms with E-state index in [2.05, 4.69) is 22.9 Å². The number of ether oxygens (including phenoxy) is 2. The highest BCUT2D eigenvalue weighted by Gasteiger charge is 2.68. The lowest BCUT2D eigenvalue weighted by Crippen LogP contribution is -2.20. The van der Waals surface area contributed by atoms with Gasteiger partial charge in [0.05, 0.1) is 24.9 Å². The Bertz CT molecular complexity index is 349. The van der Waals surface area contributed by atoms with Crippen LogP contribution in [0.5, 0.6) is 0 Å². The van der Waals surface area contributed by atoms with Gasteiger partial charge in [-0.3, -0.25) is 0 Å². The van der Waals surface area contributed by atoms with Gasteiger partial charge in [0.15, 0.2) is 0 Å². The number of carbonyl (C=O) groups excluding carboxylic acids is 1. The van der Waals surface area contributed by atoms with Gasteiger partial charge < -0.3 is 9.47 Å². The van der Waals surface area contributed by atoms with E-state index in [9.17, 15) is 4.79 Å². The molecule has 1 unspecified atom stereocenters. The Balaban J connectivity index is 1.97. The van der Waals surface area contributed by atoms with Crippen LogP contribution in [0.3, 0.4) is 0 Å². The average Bonchev–Trinajstić information content (AvgIpc) is 2.60. The van der Waals surface area contributed by atoms with E-state index >= 15 is 0 Å². The van der Waals surface area contributed by atoms with Gasteiger partial charge in [0, 0.05) is 4.48 Å². The number of hydrogen-bond acceptors (Lipinski definition) is 3. The lowest BCUT2D eigenvalue weighted by Gasteiger charge is -2.10. The molecule has 1 saturated carbocycles. The van der Waals surface area contributed by atoms with E-state index in [4.69, 9.17) is 9.47 Å². The zero-order valence-corrected chi connectivity index (χ0v) is 9.58. The van der Waals surface area contributed by atoms with Gasteiger partial charge in [0.2, 0.25) is 0 Å². The molecule has 1 saturated heterocycles. The topological polar surface area (TPSA) is 35.5 Å². The molecule has 4 heteroatoms. The van der Waals surface area contributed by atoms with Crippen LogP contribution in [-0.2, 0) is 14.3 Å². The summed E-state index contributed by atoms with van der Waals surface area (Å²) in [5, 5.41) is 0. The second-order valence-corrected chi connectivity index (χ2v) is 5.10. The number of halogens is 1. The summed E-state index contributed by atoms with van der Waals surface area (Å²) in [6, 6.07) is 0. The Hall–Kier alpha value is -0.350. The van der Waals surface area contributed by atoms with Gasteiger partial charge in [-0.05, 0) is 17.8 Å². The van der Waals surface area contributed by atoms with Crippen molar-refractivity contribution >= 4 is 21.9 Å². The zero-order chi connectivity index (χ0) is 10.0. The van der Waals surface area contributed by atoms with Gasteiger partial charge in [-0.25, -0.2) is 4.79 Å².